The van der Waals surface area contributed by atoms with Crippen LogP contribution < -0.4 is 11.1 Å². The van der Waals surface area contributed by atoms with Crippen LogP contribution in [0.15, 0.2) is 0 Å². The molecule has 0 fully saturated rings. The van der Waals surface area contributed by atoms with Gasteiger partial charge in [0, 0.05) is 25.1 Å². The van der Waals surface area contributed by atoms with Crippen LogP contribution in [0.4, 0.5) is 0 Å². The van der Waals surface area contributed by atoms with Gasteiger partial charge in [-0.1, -0.05) is 13.8 Å². The minimum Gasteiger partial charge on any atom is -0.396 e. The fraction of sp³-hybridized carbons (Fsp3) is 0.909. The Balaban J connectivity index is 4.03. The van der Waals surface area contributed by atoms with Crippen molar-refractivity contribution in [2.24, 2.45) is 16.6 Å². The van der Waals surface area contributed by atoms with E-state index in [4.69, 9.17) is 5.73 Å². The lowest BCUT2D eigenvalue weighted by Gasteiger charge is -2.28. The molecule has 0 spiro atoms. The molecule has 4 nitrogen and oxygen atoms in total. The quantitative estimate of drug-likeness (QED) is 0.580. The van der Waals surface area contributed by atoms with Crippen LogP contribution in [0.1, 0.15) is 34.1 Å². The van der Waals surface area contributed by atoms with Crippen molar-refractivity contribution in [2.75, 3.05) is 19.7 Å². The molecule has 0 aliphatic carbocycles. The molecule has 0 aromatic heterocycles. The molecular weight excluding hydrogens is 192 g/mol. The highest BCUT2D eigenvalue weighted by Gasteiger charge is 2.26. The van der Waals surface area contributed by atoms with E-state index in [9.17, 15) is 9.90 Å². The Morgan fingerprint density at radius 3 is 2.20 bits per heavy atom. The van der Waals surface area contributed by atoms with Crippen LogP contribution in [0, 0.1) is 10.8 Å². The zero-order valence-corrected chi connectivity index (χ0v) is 10.3. The lowest BCUT2D eigenvalue weighted by atomic mass is 9.87. The van der Waals surface area contributed by atoms with Crippen molar-refractivity contribution in [1.82, 2.24) is 5.32 Å². The Kier molecular flexibility index (Phi) is 5.24. The van der Waals surface area contributed by atoms with Crippen molar-refractivity contribution in [3.8, 4) is 0 Å². The van der Waals surface area contributed by atoms with Gasteiger partial charge in [0.05, 0.1) is 5.41 Å². The van der Waals surface area contributed by atoms with Crippen molar-refractivity contribution < 1.29 is 9.90 Å². The number of primary amides is 1. The fourth-order valence-corrected chi connectivity index (χ4v) is 1.06. The highest BCUT2D eigenvalue weighted by atomic mass is 16.3. The lowest BCUT2D eigenvalue weighted by Crippen LogP contribution is -2.44. The van der Waals surface area contributed by atoms with E-state index in [1.165, 1.54) is 0 Å². The van der Waals surface area contributed by atoms with Crippen molar-refractivity contribution in [2.45, 2.75) is 34.1 Å². The maximum Gasteiger partial charge on any atom is 0.224 e. The smallest absolute Gasteiger partial charge is 0.224 e. The number of aliphatic hydroxyl groups excluding tert-OH is 1. The summed E-state index contributed by atoms with van der Waals surface area (Å²) in [7, 11) is 0. The fourth-order valence-electron chi connectivity index (χ4n) is 1.06. The van der Waals surface area contributed by atoms with E-state index in [2.05, 4.69) is 5.32 Å². The van der Waals surface area contributed by atoms with Crippen LogP contribution in [0.3, 0.4) is 0 Å². The number of carbonyl (C=O) groups is 1. The first-order valence-corrected chi connectivity index (χ1v) is 5.39. The summed E-state index contributed by atoms with van der Waals surface area (Å²) in [4.78, 5) is 11.0. The van der Waals surface area contributed by atoms with Gasteiger partial charge < -0.3 is 16.2 Å². The second-order valence-electron chi connectivity index (χ2n) is 5.17. The predicted octanol–water partition coefficient (Wildman–Crippen LogP) is 0.496. The Morgan fingerprint density at radius 2 is 1.87 bits per heavy atom. The number of hydrogen-bond donors (Lipinski definition) is 3. The summed E-state index contributed by atoms with van der Waals surface area (Å²) >= 11 is 0. The van der Waals surface area contributed by atoms with E-state index < -0.39 is 5.41 Å². The second-order valence-corrected chi connectivity index (χ2v) is 5.17. The average molecular weight is 216 g/mol. The molecule has 4 heteroatoms. The molecule has 1 amide bonds. The number of amides is 1. The first kappa shape index (κ1) is 14.4. The number of nitrogens with two attached hydrogens (primary N) is 1. The highest BCUT2D eigenvalue weighted by molar-refractivity contribution is 5.80. The van der Waals surface area contributed by atoms with Crippen molar-refractivity contribution >= 4 is 5.91 Å². The second kappa shape index (κ2) is 5.47. The molecular formula is C11H24N2O2. The van der Waals surface area contributed by atoms with E-state index in [1.807, 2.05) is 27.7 Å². The molecule has 0 aromatic carbocycles. The molecule has 0 radical (unpaired) electrons. The Morgan fingerprint density at radius 1 is 1.33 bits per heavy atom. The summed E-state index contributed by atoms with van der Waals surface area (Å²) in [6.07, 6.45) is 0.896. The minimum atomic E-state index is -0.538. The lowest BCUT2D eigenvalue weighted by molar-refractivity contribution is -0.125. The van der Waals surface area contributed by atoms with Gasteiger partial charge in [0.2, 0.25) is 5.91 Å². The van der Waals surface area contributed by atoms with Gasteiger partial charge in [-0.3, -0.25) is 4.79 Å². The largest absolute Gasteiger partial charge is 0.396 e. The third kappa shape index (κ3) is 4.62. The maximum absolute atomic E-state index is 11.0. The predicted molar refractivity (Wildman–Crippen MR) is 61.3 cm³/mol. The van der Waals surface area contributed by atoms with Gasteiger partial charge in [0.25, 0.3) is 0 Å². The normalized spacial score (nSPS) is 16.1. The standard InChI is InChI=1S/C11H24N2O2/c1-5-11(4,8-14)7-13-6-10(2,3)9(12)15/h13-14H,5-8H2,1-4H3,(H2,12,15). The molecule has 1 atom stereocenters. The SMILES string of the molecule is CCC(C)(CO)CNCC(C)(C)C(N)=O. The van der Waals surface area contributed by atoms with E-state index in [0.29, 0.717) is 13.1 Å². The van der Waals surface area contributed by atoms with E-state index in [0.717, 1.165) is 6.42 Å². The van der Waals surface area contributed by atoms with Gasteiger partial charge in [0.1, 0.15) is 0 Å². The molecule has 15 heavy (non-hydrogen) atoms. The topological polar surface area (TPSA) is 75.3 Å². The number of aliphatic hydroxyl groups is 1. The van der Waals surface area contributed by atoms with Crippen LogP contribution in [0.2, 0.25) is 0 Å². The molecule has 0 heterocycles. The molecule has 0 bridgehead atoms. The molecule has 4 N–H and O–H groups in total. The van der Waals surface area contributed by atoms with Crippen LogP contribution >= 0.6 is 0 Å². The van der Waals surface area contributed by atoms with Gasteiger partial charge >= 0.3 is 0 Å². The average Bonchev–Trinajstić information content (AvgIpc) is 2.17. The summed E-state index contributed by atoms with van der Waals surface area (Å²) in [6.45, 7) is 9.05. The highest BCUT2D eigenvalue weighted by Crippen LogP contribution is 2.19. The summed E-state index contributed by atoms with van der Waals surface area (Å²) in [5.74, 6) is -0.308. The van der Waals surface area contributed by atoms with Crippen LogP contribution in [0.25, 0.3) is 0 Å². The Labute approximate surface area is 92.2 Å². The number of rotatable bonds is 7. The molecule has 0 saturated carbocycles. The van der Waals surface area contributed by atoms with Crippen molar-refractivity contribution in [1.29, 1.82) is 0 Å². The van der Waals surface area contributed by atoms with Crippen LogP contribution in [-0.4, -0.2) is 30.7 Å². The van der Waals surface area contributed by atoms with Gasteiger partial charge in [0.15, 0.2) is 0 Å². The molecule has 90 valence electrons. The molecule has 1 unspecified atom stereocenters. The van der Waals surface area contributed by atoms with Crippen molar-refractivity contribution in [3.05, 3.63) is 0 Å². The Hall–Kier alpha value is -0.610. The number of nitrogens with one attached hydrogen (secondary N) is 1. The first-order chi connectivity index (χ1) is 6.77. The minimum absolute atomic E-state index is 0.117. The number of carbonyl (C=O) groups excluding carboxylic acids is 1. The van der Waals surface area contributed by atoms with Gasteiger partial charge in [-0.2, -0.15) is 0 Å². The van der Waals surface area contributed by atoms with E-state index in [-0.39, 0.29) is 17.9 Å². The van der Waals surface area contributed by atoms with Crippen LogP contribution in [0.5, 0.6) is 0 Å². The Bertz CT molecular complexity index is 211. The third-order valence-electron chi connectivity index (χ3n) is 3.02. The molecule has 0 rings (SSSR count). The zero-order chi connectivity index (χ0) is 12.1. The van der Waals surface area contributed by atoms with Crippen molar-refractivity contribution in [3.63, 3.8) is 0 Å². The van der Waals surface area contributed by atoms with Gasteiger partial charge in [-0.25, -0.2) is 0 Å². The maximum atomic E-state index is 11.0. The van der Waals surface area contributed by atoms with Gasteiger partial charge in [-0.05, 0) is 20.3 Å². The van der Waals surface area contributed by atoms with E-state index >= 15 is 0 Å². The summed E-state index contributed by atoms with van der Waals surface area (Å²) < 4.78 is 0. The summed E-state index contributed by atoms with van der Waals surface area (Å²) in [5.41, 5.74) is 4.60. The van der Waals surface area contributed by atoms with Crippen LogP contribution in [-0.2, 0) is 4.79 Å². The molecule has 0 aliphatic rings. The van der Waals surface area contributed by atoms with Gasteiger partial charge in [-0.15, -0.1) is 0 Å². The monoisotopic (exact) mass is 216 g/mol. The molecule has 0 aromatic rings. The summed E-state index contributed by atoms with van der Waals surface area (Å²) in [6, 6.07) is 0. The van der Waals surface area contributed by atoms with E-state index in [1.54, 1.807) is 0 Å². The summed E-state index contributed by atoms with van der Waals surface area (Å²) in [5, 5.41) is 12.4. The number of hydrogen-bond acceptors (Lipinski definition) is 3. The first-order valence-electron chi connectivity index (χ1n) is 5.39. The third-order valence-corrected chi connectivity index (χ3v) is 3.02. The molecule has 0 aliphatic heterocycles. The molecule has 0 saturated heterocycles. The zero-order valence-electron chi connectivity index (χ0n) is 10.3.